The Balaban J connectivity index is 2.15. The van der Waals surface area contributed by atoms with Gasteiger partial charge in [-0.3, -0.25) is 4.79 Å². The van der Waals surface area contributed by atoms with E-state index in [4.69, 9.17) is 20.3 Å². The van der Waals surface area contributed by atoms with Crippen molar-refractivity contribution in [3.8, 4) is 11.5 Å². The molecule has 98 valence electrons. The highest BCUT2D eigenvalue weighted by molar-refractivity contribution is 5.67. The van der Waals surface area contributed by atoms with Gasteiger partial charge in [-0.1, -0.05) is 0 Å². The second-order valence-corrected chi connectivity index (χ2v) is 4.48. The SMILES string of the molecule is Cc1cc2c(cc1CC(N)CC(=O)O)OCCO2. The molecule has 1 atom stereocenters. The minimum absolute atomic E-state index is 0.0338. The predicted octanol–water partition coefficient (Wildman–Crippen LogP) is 1.11. The van der Waals surface area contributed by atoms with Crippen molar-refractivity contribution in [1.82, 2.24) is 0 Å². The Morgan fingerprint density at radius 2 is 2.00 bits per heavy atom. The molecule has 1 aliphatic heterocycles. The highest BCUT2D eigenvalue weighted by Gasteiger charge is 2.16. The van der Waals surface area contributed by atoms with E-state index in [1.54, 1.807) is 0 Å². The first kappa shape index (κ1) is 12.7. The van der Waals surface area contributed by atoms with Crippen molar-refractivity contribution in [2.45, 2.75) is 25.8 Å². The van der Waals surface area contributed by atoms with Gasteiger partial charge in [-0.2, -0.15) is 0 Å². The molecule has 0 bridgehead atoms. The fourth-order valence-corrected chi connectivity index (χ4v) is 2.03. The van der Waals surface area contributed by atoms with E-state index in [2.05, 4.69) is 0 Å². The summed E-state index contributed by atoms with van der Waals surface area (Å²) in [5.74, 6) is 0.580. The first-order chi connectivity index (χ1) is 8.56. The smallest absolute Gasteiger partial charge is 0.304 e. The van der Waals surface area contributed by atoms with Crippen LogP contribution in [0.5, 0.6) is 11.5 Å². The third-order valence-electron chi connectivity index (χ3n) is 2.92. The number of aryl methyl sites for hydroxylation is 1. The van der Waals surface area contributed by atoms with Crippen molar-refractivity contribution < 1.29 is 19.4 Å². The molecule has 1 aliphatic rings. The van der Waals surface area contributed by atoms with E-state index in [0.29, 0.717) is 25.4 Å². The molecule has 3 N–H and O–H groups in total. The number of hydrogen-bond acceptors (Lipinski definition) is 4. The second kappa shape index (κ2) is 5.27. The average molecular weight is 251 g/mol. The first-order valence-corrected chi connectivity index (χ1v) is 5.92. The molecular formula is C13H17NO4. The maximum Gasteiger partial charge on any atom is 0.304 e. The second-order valence-electron chi connectivity index (χ2n) is 4.48. The molecular weight excluding hydrogens is 234 g/mol. The lowest BCUT2D eigenvalue weighted by Gasteiger charge is -2.21. The Hall–Kier alpha value is -1.75. The van der Waals surface area contributed by atoms with Crippen LogP contribution in [0, 0.1) is 6.92 Å². The van der Waals surface area contributed by atoms with Gasteiger partial charge in [0.1, 0.15) is 13.2 Å². The first-order valence-electron chi connectivity index (χ1n) is 5.92. The fraction of sp³-hybridized carbons (Fsp3) is 0.462. The molecule has 0 aromatic heterocycles. The lowest BCUT2D eigenvalue weighted by atomic mass is 9.99. The average Bonchev–Trinajstić information content (AvgIpc) is 2.29. The quantitative estimate of drug-likeness (QED) is 0.837. The van der Waals surface area contributed by atoms with Crippen molar-refractivity contribution in [1.29, 1.82) is 0 Å². The molecule has 2 rings (SSSR count). The zero-order valence-corrected chi connectivity index (χ0v) is 10.3. The normalized spacial score (nSPS) is 15.2. The third-order valence-corrected chi connectivity index (χ3v) is 2.92. The molecule has 0 amide bonds. The number of fused-ring (bicyclic) bond motifs is 1. The van der Waals surface area contributed by atoms with Crippen LogP contribution in [0.15, 0.2) is 12.1 Å². The van der Waals surface area contributed by atoms with Gasteiger partial charge in [-0.05, 0) is 36.6 Å². The molecule has 5 nitrogen and oxygen atoms in total. The van der Waals surface area contributed by atoms with Crippen LogP contribution in [0.1, 0.15) is 17.5 Å². The fourth-order valence-electron chi connectivity index (χ4n) is 2.03. The number of hydrogen-bond donors (Lipinski definition) is 2. The molecule has 1 aromatic rings. The van der Waals surface area contributed by atoms with Crippen molar-refractivity contribution in [2.24, 2.45) is 5.73 Å². The van der Waals surface area contributed by atoms with Crippen LogP contribution in [-0.2, 0) is 11.2 Å². The van der Waals surface area contributed by atoms with E-state index in [9.17, 15) is 4.79 Å². The summed E-state index contributed by atoms with van der Waals surface area (Å²) >= 11 is 0. The lowest BCUT2D eigenvalue weighted by Crippen LogP contribution is -2.26. The van der Waals surface area contributed by atoms with E-state index in [-0.39, 0.29) is 12.5 Å². The van der Waals surface area contributed by atoms with Gasteiger partial charge >= 0.3 is 5.97 Å². The van der Waals surface area contributed by atoms with Crippen molar-refractivity contribution in [3.05, 3.63) is 23.3 Å². The largest absolute Gasteiger partial charge is 0.486 e. The molecule has 1 aromatic carbocycles. The van der Waals surface area contributed by atoms with Gasteiger partial charge < -0.3 is 20.3 Å². The Labute approximate surface area is 106 Å². The minimum atomic E-state index is -0.877. The topological polar surface area (TPSA) is 81.8 Å². The van der Waals surface area contributed by atoms with Gasteiger partial charge in [0, 0.05) is 6.04 Å². The summed E-state index contributed by atoms with van der Waals surface area (Å²) in [6, 6.07) is 3.42. The van der Waals surface area contributed by atoms with Crippen molar-refractivity contribution in [2.75, 3.05) is 13.2 Å². The number of aliphatic carboxylic acids is 1. The van der Waals surface area contributed by atoms with Gasteiger partial charge in [0.25, 0.3) is 0 Å². The number of carboxylic acids is 1. The van der Waals surface area contributed by atoms with Crippen LogP contribution in [0.4, 0.5) is 0 Å². The minimum Gasteiger partial charge on any atom is -0.486 e. The zero-order chi connectivity index (χ0) is 13.1. The van der Waals surface area contributed by atoms with Crippen molar-refractivity contribution >= 4 is 5.97 Å². The van der Waals surface area contributed by atoms with Gasteiger partial charge in [0.15, 0.2) is 11.5 Å². The number of carbonyl (C=O) groups is 1. The number of rotatable bonds is 4. The summed E-state index contributed by atoms with van der Waals surface area (Å²) in [7, 11) is 0. The maximum atomic E-state index is 10.6. The predicted molar refractivity (Wildman–Crippen MR) is 66.1 cm³/mol. The van der Waals surface area contributed by atoms with E-state index in [0.717, 1.165) is 16.9 Å². The van der Waals surface area contributed by atoms with Crippen LogP contribution < -0.4 is 15.2 Å². The summed E-state index contributed by atoms with van der Waals surface area (Å²) in [6.07, 6.45) is 0.489. The summed E-state index contributed by atoms with van der Waals surface area (Å²) in [5.41, 5.74) is 7.85. The van der Waals surface area contributed by atoms with Crippen molar-refractivity contribution in [3.63, 3.8) is 0 Å². The monoisotopic (exact) mass is 251 g/mol. The molecule has 1 unspecified atom stereocenters. The molecule has 0 saturated heterocycles. The van der Waals surface area contributed by atoms with Crippen LogP contribution >= 0.6 is 0 Å². The van der Waals surface area contributed by atoms with E-state index in [1.165, 1.54) is 0 Å². The molecule has 1 heterocycles. The highest BCUT2D eigenvalue weighted by atomic mass is 16.6. The Morgan fingerprint density at radius 3 is 2.61 bits per heavy atom. The Bertz CT molecular complexity index is 459. The molecule has 18 heavy (non-hydrogen) atoms. The number of nitrogens with two attached hydrogens (primary N) is 1. The third kappa shape index (κ3) is 2.92. The summed E-state index contributed by atoms with van der Waals surface area (Å²) in [5, 5.41) is 8.70. The number of carboxylic acid groups (broad SMARTS) is 1. The molecule has 0 aliphatic carbocycles. The van der Waals surface area contributed by atoms with E-state index < -0.39 is 5.97 Å². The zero-order valence-electron chi connectivity index (χ0n) is 10.3. The van der Waals surface area contributed by atoms with Crippen LogP contribution in [-0.4, -0.2) is 30.3 Å². The van der Waals surface area contributed by atoms with Gasteiger partial charge in [0.05, 0.1) is 6.42 Å². The molecule has 0 spiro atoms. The Morgan fingerprint density at radius 1 is 1.39 bits per heavy atom. The van der Waals surface area contributed by atoms with E-state index >= 15 is 0 Å². The Kier molecular flexibility index (Phi) is 3.72. The molecule has 0 radical (unpaired) electrons. The standard InChI is InChI=1S/C13H17NO4/c1-8-4-11-12(18-3-2-17-11)6-9(8)5-10(14)7-13(15)16/h4,6,10H,2-3,5,7,14H2,1H3,(H,15,16). The molecule has 0 saturated carbocycles. The summed E-state index contributed by atoms with van der Waals surface area (Å²) in [4.78, 5) is 10.6. The molecule has 0 fully saturated rings. The molecule has 5 heteroatoms. The van der Waals surface area contributed by atoms with Crippen LogP contribution in [0.2, 0.25) is 0 Å². The summed E-state index contributed by atoms with van der Waals surface area (Å²) < 4.78 is 11.0. The maximum absolute atomic E-state index is 10.6. The van der Waals surface area contributed by atoms with E-state index in [1.807, 2.05) is 19.1 Å². The number of benzene rings is 1. The van der Waals surface area contributed by atoms with Gasteiger partial charge in [-0.15, -0.1) is 0 Å². The number of ether oxygens (including phenoxy) is 2. The van der Waals surface area contributed by atoms with Crippen LogP contribution in [0.25, 0.3) is 0 Å². The van der Waals surface area contributed by atoms with Crippen LogP contribution in [0.3, 0.4) is 0 Å². The summed E-state index contributed by atoms with van der Waals surface area (Å²) in [6.45, 7) is 3.06. The van der Waals surface area contributed by atoms with Gasteiger partial charge in [-0.25, -0.2) is 0 Å². The highest BCUT2D eigenvalue weighted by Crippen LogP contribution is 2.33. The van der Waals surface area contributed by atoms with Gasteiger partial charge in [0.2, 0.25) is 0 Å². The lowest BCUT2D eigenvalue weighted by molar-refractivity contribution is -0.137.